The van der Waals surface area contributed by atoms with Gasteiger partial charge >= 0.3 is 0 Å². The number of halogens is 1. The first-order valence-electron chi connectivity index (χ1n) is 4.88. The Morgan fingerprint density at radius 3 is 2.80 bits per heavy atom. The summed E-state index contributed by atoms with van der Waals surface area (Å²) in [6.07, 6.45) is 0.724. The fourth-order valence-electron chi connectivity index (χ4n) is 1.30. The summed E-state index contributed by atoms with van der Waals surface area (Å²) in [6, 6.07) is 5.60. The molecule has 0 atom stereocenters. The summed E-state index contributed by atoms with van der Waals surface area (Å²) in [7, 11) is 1.64. The molecule has 0 spiro atoms. The molecule has 0 heterocycles. The van der Waals surface area contributed by atoms with Gasteiger partial charge in [-0.05, 0) is 25.1 Å². The minimum atomic E-state index is 0.522. The topological polar surface area (TPSA) is 44.5 Å². The zero-order chi connectivity index (χ0) is 11.1. The molecule has 1 aromatic rings. The highest BCUT2D eigenvalue weighted by molar-refractivity contribution is 6.31. The van der Waals surface area contributed by atoms with Crippen molar-refractivity contribution in [2.24, 2.45) is 5.73 Å². The summed E-state index contributed by atoms with van der Waals surface area (Å²) in [6.45, 7) is 1.65. The Balaban J connectivity index is 2.71. The number of rotatable bonds is 6. The van der Waals surface area contributed by atoms with Gasteiger partial charge in [-0.15, -0.1) is 0 Å². The number of benzene rings is 1. The van der Waals surface area contributed by atoms with E-state index in [9.17, 15) is 0 Å². The van der Waals surface area contributed by atoms with Crippen LogP contribution in [0.2, 0.25) is 5.02 Å². The lowest BCUT2D eigenvalue weighted by atomic mass is 10.1. The first-order chi connectivity index (χ1) is 7.29. The van der Waals surface area contributed by atoms with Gasteiger partial charge in [0.2, 0.25) is 0 Å². The third-order valence-corrected chi connectivity index (χ3v) is 2.37. The Hall–Kier alpha value is -0.770. The molecule has 4 heteroatoms. The van der Waals surface area contributed by atoms with E-state index < -0.39 is 0 Å². The second-order valence-electron chi connectivity index (χ2n) is 3.10. The van der Waals surface area contributed by atoms with Gasteiger partial charge in [0.15, 0.2) is 0 Å². The molecule has 0 aliphatic rings. The number of methoxy groups -OCH3 is 1. The molecule has 15 heavy (non-hydrogen) atoms. The molecule has 1 rings (SSSR count). The van der Waals surface area contributed by atoms with Crippen LogP contribution in [0.3, 0.4) is 0 Å². The van der Waals surface area contributed by atoms with E-state index >= 15 is 0 Å². The van der Waals surface area contributed by atoms with Crippen molar-refractivity contribution in [2.75, 3.05) is 26.9 Å². The van der Waals surface area contributed by atoms with Gasteiger partial charge in [-0.25, -0.2) is 0 Å². The summed E-state index contributed by atoms with van der Waals surface area (Å²) < 4.78 is 10.5. The maximum absolute atomic E-state index is 6.05. The Labute approximate surface area is 95.1 Å². The smallest absolute Gasteiger partial charge is 0.124 e. The number of ether oxygens (including phenoxy) is 2. The molecule has 0 radical (unpaired) electrons. The van der Waals surface area contributed by atoms with Crippen LogP contribution in [0.1, 0.15) is 5.56 Å². The Bertz CT molecular complexity index is 305. The van der Waals surface area contributed by atoms with Crippen LogP contribution in [0.5, 0.6) is 5.75 Å². The molecule has 0 unspecified atom stereocenters. The van der Waals surface area contributed by atoms with E-state index in [0.29, 0.717) is 24.8 Å². The minimum absolute atomic E-state index is 0.522. The van der Waals surface area contributed by atoms with Crippen LogP contribution >= 0.6 is 11.6 Å². The largest absolute Gasteiger partial charge is 0.491 e. The minimum Gasteiger partial charge on any atom is -0.491 e. The van der Waals surface area contributed by atoms with Gasteiger partial charge in [-0.3, -0.25) is 0 Å². The van der Waals surface area contributed by atoms with E-state index in [1.807, 2.05) is 18.2 Å². The van der Waals surface area contributed by atoms with Crippen LogP contribution in [0, 0.1) is 0 Å². The molecule has 0 amide bonds. The van der Waals surface area contributed by atoms with Gasteiger partial charge in [-0.1, -0.05) is 17.7 Å². The molecule has 0 bridgehead atoms. The summed E-state index contributed by atoms with van der Waals surface area (Å²) >= 11 is 6.05. The molecular weight excluding hydrogens is 214 g/mol. The highest BCUT2D eigenvalue weighted by atomic mass is 35.5. The van der Waals surface area contributed by atoms with Crippen molar-refractivity contribution in [1.29, 1.82) is 0 Å². The van der Waals surface area contributed by atoms with Gasteiger partial charge < -0.3 is 15.2 Å². The SMILES string of the molecule is COCCOc1cccc(Cl)c1CCN. The first-order valence-corrected chi connectivity index (χ1v) is 5.26. The Morgan fingerprint density at radius 1 is 1.33 bits per heavy atom. The van der Waals surface area contributed by atoms with Gasteiger partial charge in [0.1, 0.15) is 12.4 Å². The lowest BCUT2D eigenvalue weighted by Crippen LogP contribution is -2.09. The van der Waals surface area contributed by atoms with Crippen molar-refractivity contribution in [1.82, 2.24) is 0 Å². The van der Waals surface area contributed by atoms with E-state index in [4.69, 9.17) is 26.8 Å². The summed E-state index contributed by atoms with van der Waals surface area (Å²) in [4.78, 5) is 0. The van der Waals surface area contributed by atoms with Gasteiger partial charge in [0.05, 0.1) is 6.61 Å². The van der Waals surface area contributed by atoms with Crippen molar-refractivity contribution in [3.8, 4) is 5.75 Å². The maximum atomic E-state index is 6.05. The maximum Gasteiger partial charge on any atom is 0.124 e. The second-order valence-corrected chi connectivity index (χ2v) is 3.50. The van der Waals surface area contributed by atoms with Crippen molar-refractivity contribution in [3.63, 3.8) is 0 Å². The summed E-state index contributed by atoms with van der Waals surface area (Å²) in [5, 5.41) is 0.704. The van der Waals surface area contributed by atoms with Crippen LogP contribution in [-0.2, 0) is 11.2 Å². The molecule has 0 saturated heterocycles. The zero-order valence-corrected chi connectivity index (χ0v) is 9.59. The predicted octanol–water partition coefficient (Wildman–Crippen LogP) is 1.87. The molecule has 2 N–H and O–H groups in total. The highest BCUT2D eigenvalue weighted by Crippen LogP contribution is 2.26. The molecule has 0 aliphatic carbocycles. The van der Waals surface area contributed by atoms with Crippen molar-refractivity contribution >= 4 is 11.6 Å². The molecule has 3 nitrogen and oxygen atoms in total. The predicted molar refractivity (Wildman–Crippen MR) is 61.6 cm³/mol. The van der Waals surface area contributed by atoms with Crippen molar-refractivity contribution in [3.05, 3.63) is 28.8 Å². The van der Waals surface area contributed by atoms with Crippen LogP contribution in [0.15, 0.2) is 18.2 Å². The number of hydrogen-bond donors (Lipinski definition) is 1. The number of nitrogens with two attached hydrogens (primary N) is 1. The molecule has 1 aromatic carbocycles. The highest BCUT2D eigenvalue weighted by Gasteiger charge is 2.06. The van der Waals surface area contributed by atoms with Gasteiger partial charge in [0, 0.05) is 17.7 Å². The van der Waals surface area contributed by atoms with E-state index in [1.54, 1.807) is 7.11 Å². The fourth-order valence-corrected chi connectivity index (χ4v) is 1.56. The quantitative estimate of drug-likeness (QED) is 0.758. The number of hydrogen-bond acceptors (Lipinski definition) is 3. The Morgan fingerprint density at radius 2 is 2.13 bits per heavy atom. The third-order valence-electron chi connectivity index (χ3n) is 2.02. The lowest BCUT2D eigenvalue weighted by molar-refractivity contribution is 0.146. The van der Waals surface area contributed by atoms with Gasteiger partial charge in [-0.2, -0.15) is 0 Å². The van der Waals surface area contributed by atoms with Crippen LogP contribution in [-0.4, -0.2) is 26.9 Å². The summed E-state index contributed by atoms with van der Waals surface area (Å²) in [5.74, 6) is 0.796. The average Bonchev–Trinajstić information content (AvgIpc) is 2.23. The van der Waals surface area contributed by atoms with Crippen LogP contribution in [0.4, 0.5) is 0 Å². The molecule has 84 valence electrons. The van der Waals surface area contributed by atoms with E-state index in [2.05, 4.69) is 0 Å². The van der Waals surface area contributed by atoms with E-state index in [1.165, 1.54) is 0 Å². The van der Waals surface area contributed by atoms with E-state index in [-0.39, 0.29) is 0 Å². The van der Waals surface area contributed by atoms with Gasteiger partial charge in [0.25, 0.3) is 0 Å². The molecule has 0 saturated carbocycles. The fraction of sp³-hybridized carbons (Fsp3) is 0.455. The van der Waals surface area contributed by atoms with Crippen LogP contribution < -0.4 is 10.5 Å². The molecule has 0 aliphatic heterocycles. The summed E-state index contributed by atoms with van der Waals surface area (Å²) in [5.41, 5.74) is 6.48. The average molecular weight is 230 g/mol. The first kappa shape index (κ1) is 12.3. The van der Waals surface area contributed by atoms with E-state index in [0.717, 1.165) is 17.7 Å². The molecule has 0 aromatic heterocycles. The molecular formula is C11H16ClNO2. The monoisotopic (exact) mass is 229 g/mol. The standard InChI is InChI=1S/C11H16ClNO2/c1-14-7-8-15-11-4-2-3-10(12)9(11)5-6-13/h2-4H,5-8,13H2,1H3. The van der Waals surface area contributed by atoms with Crippen LogP contribution in [0.25, 0.3) is 0 Å². The second kappa shape index (κ2) is 6.67. The lowest BCUT2D eigenvalue weighted by Gasteiger charge is -2.11. The normalized spacial score (nSPS) is 10.3. The van der Waals surface area contributed by atoms with Crippen molar-refractivity contribution in [2.45, 2.75) is 6.42 Å². The zero-order valence-electron chi connectivity index (χ0n) is 8.83. The third kappa shape index (κ3) is 3.70. The Kier molecular flexibility index (Phi) is 5.47. The van der Waals surface area contributed by atoms with Crippen molar-refractivity contribution < 1.29 is 9.47 Å². The molecule has 0 fully saturated rings.